The summed E-state index contributed by atoms with van der Waals surface area (Å²) in [5.74, 6) is 0. The molecular formula is C8H17NaO3S. The maximum atomic E-state index is 10.4. The van der Waals surface area contributed by atoms with Crippen molar-refractivity contribution >= 4 is 39.7 Å². The molecule has 0 bridgehead atoms. The second kappa shape index (κ2) is 8.00. The van der Waals surface area contributed by atoms with Crippen LogP contribution in [-0.2, 0) is 10.1 Å². The number of hydrogen-bond acceptors (Lipinski definition) is 2. The fourth-order valence-corrected chi connectivity index (χ4v) is 1.59. The molecule has 0 aromatic carbocycles. The Morgan fingerprint density at radius 3 is 2.31 bits per heavy atom. The predicted octanol–water partition coefficient (Wildman–Crippen LogP) is 1.71. The molecule has 0 saturated carbocycles. The van der Waals surface area contributed by atoms with E-state index in [0.717, 1.165) is 31.1 Å². The third-order valence-electron chi connectivity index (χ3n) is 1.52. The van der Waals surface area contributed by atoms with E-state index in [9.17, 15) is 8.42 Å². The van der Waals surface area contributed by atoms with Gasteiger partial charge in [-0.1, -0.05) is 25.3 Å². The zero-order valence-corrected chi connectivity index (χ0v) is 8.39. The van der Waals surface area contributed by atoms with Gasteiger partial charge in [0.05, 0.1) is 5.41 Å². The van der Waals surface area contributed by atoms with Gasteiger partial charge in [0, 0.05) is 0 Å². The van der Waals surface area contributed by atoms with Crippen molar-refractivity contribution < 1.29 is 13.0 Å². The summed E-state index contributed by atoms with van der Waals surface area (Å²) >= 11 is 0. The number of hydrogen-bond donors (Lipinski definition) is 1. The second-order valence-electron chi connectivity index (χ2n) is 2.94. The quantitative estimate of drug-likeness (QED) is 0.432. The zero-order valence-electron chi connectivity index (χ0n) is 7.58. The Morgan fingerprint density at radius 2 is 1.92 bits per heavy atom. The van der Waals surface area contributed by atoms with Crippen molar-refractivity contribution in [1.29, 1.82) is 0 Å². The molecule has 0 aromatic heterocycles. The molecule has 0 unspecified atom stereocenters. The van der Waals surface area contributed by atoms with Crippen molar-refractivity contribution in [3.8, 4) is 0 Å². The van der Waals surface area contributed by atoms with Crippen LogP contribution in [0.15, 0.2) is 11.0 Å². The molecule has 0 heterocycles. The van der Waals surface area contributed by atoms with Crippen LogP contribution < -0.4 is 0 Å². The molecule has 0 spiro atoms. The van der Waals surface area contributed by atoms with Crippen LogP contribution >= 0.6 is 0 Å². The molecule has 0 saturated heterocycles. The van der Waals surface area contributed by atoms with Gasteiger partial charge in [-0.15, -0.1) is 0 Å². The van der Waals surface area contributed by atoms with Gasteiger partial charge in [0.15, 0.2) is 0 Å². The molecule has 0 rings (SSSR count). The summed E-state index contributed by atoms with van der Waals surface area (Å²) < 4.78 is 29.1. The first-order valence-electron chi connectivity index (χ1n) is 4.10. The summed E-state index contributed by atoms with van der Waals surface area (Å²) in [7, 11) is -3.92. The van der Waals surface area contributed by atoms with Crippen molar-refractivity contribution in [2.75, 3.05) is 0 Å². The van der Waals surface area contributed by atoms with Gasteiger partial charge in [-0.3, -0.25) is 4.55 Å². The van der Waals surface area contributed by atoms with Crippen LogP contribution in [0, 0.1) is 0 Å². The second-order valence-corrected chi connectivity index (χ2v) is 4.20. The molecular weight excluding hydrogens is 199 g/mol. The first-order chi connectivity index (χ1) is 5.45. The van der Waals surface area contributed by atoms with Crippen LogP contribution in [0.1, 0.15) is 39.5 Å². The number of unbranched alkanes of at least 4 members (excludes halogenated alkanes) is 2. The van der Waals surface area contributed by atoms with E-state index in [4.69, 9.17) is 4.55 Å². The third-order valence-corrected chi connectivity index (χ3v) is 2.23. The van der Waals surface area contributed by atoms with Gasteiger partial charge in [0.1, 0.15) is 0 Å². The van der Waals surface area contributed by atoms with Crippen LogP contribution in [0.3, 0.4) is 0 Å². The summed E-state index contributed by atoms with van der Waals surface area (Å²) in [4.78, 5) is 0. The molecule has 5 heteroatoms. The fourth-order valence-electron chi connectivity index (χ4n) is 0.967. The van der Waals surface area contributed by atoms with Gasteiger partial charge in [0.25, 0.3) is 10.1 Å². The summed E-state index contributed by atoms with van der Waals surface area (Å²) in [6.07, 6.45) is 3.93. The van der Waals surface area contributed by atoms with Crippen molar-refractivity contribution in [3.63, 3.8) is 0 Å². The molecule has 0 atom stereocenters. The monoisotopic (exact) mass is 216 g/mol. The van der Waals surface area contributed by atoms with Crippen molar-refractivity contribution in [1.82, 2.24) is 0 Å². The minimum atomic E-state index is -3.92. The first kappa shape index (κ1) is 16.1. The molecule has 0 fully saturated rings. The fraction of sp³-hybridized carbons (Fsp3) is 0.750. The molecule has 74 valence electrons. The molecule has 0 radical (unpaired) electrons. The molecule has 3 nitrogen and oxygen atoms in total. The summed E-state index contributed by atoms with van der Waals surface area (Å²) in [5.41, 5.74) is 0.714. The predicted molar refractivity (Wildman–Crippen MR) is 56.6 cm³/mol. The Bertz CT molecular complexity index is 244. The zero-order chi connectivity index (χ0) is 9.61. The van der Waals surface area contributed by atoms with E-state index in [-0.39, 0.29) is 29.6 Å². The Morgan fingerprint density at radius 1 is 1.38 bits per heavy atom. The van der Waals surface area contributed by atoms with E-state index in [1.54, 1.807) is 6.92 Å². The van der Waals surface area contributed by atoms with E-state index in [2.05, 4.69) is 6.92 Å². The average molecular weight is 216 g/mol. The third kappa shape index (κ3) is 12.6. The standard InChI is InChI=1S/C8H16O3S.Na.H/c1-3-4-5-6-8(2)7-12(9,10)11;;/h7H,3-6H2,1-2H3,(H,9,10,11);;/b8-7+;;. The summed E-state index contributed by atoms with van der Waals surface area (Å²) in [6.45, 7) is 3.80. The number of rotatable bonds is 5. The van der Waals surface area contributed by atoms with Crippen molar-refractivity contribution in [2.45, 2.75) is 39.5 Å². The van der Waals surface area contributed by atoms with Crippen LogP contribution in [0.5, 0.6) is 0 Å². The Balaban J connectivity index is 0. The van der Waals surface area contributed by atoms with E-state index in [1.165, 1.54) is 0 Å². The van der Waals surface area contributed by atoms with E-state index in [0.29, 0.717) is 5.57 Å². The van der Waals surface area contributed by atoms with Crippen LogP contribution in [0.4, 0.5) is 0 Å². The molecule has 0 aliphatic rings. The summed E-state index contributed by atoms with van der Waals surface area (Å²) in [5, 5.41) is 0.919. The molecule has 0 aliphatic carbocycles. The van der Waals surface area contributed by atoms with Crippen LogP contribution in [0.25, 0.3) is 0 Å². The number of allylic oxidation sites excluding steroid dienone is 1. The Labute approximate surface area is 103 Å². The summed E-state index contributed by atoms with van der Waals surface area (Å²) in [6, 6.07) is 0. The SMILES string of the molecule is CCCCC/C(C)=C/S(=O)(=O)O.[NaH]. The van der Waals surface area contributed by atoms with Gasteiger partial charge in [-0.05, 0) is 19.8 Å². The normalized spacial score (nSPS) is 12.4. The molecule has 1 N–H and O–H groups in total. The van der Waals surface area contributed by atoms with Crippen LogP contribution in [-0.4, -0.2) is 42.5 Å². The van der Waals surface area contributed by atoms with Gasteiger partial charge in [-0.2, -0.15) is 8.42 Å². The van der Waals surface area contributed by atoms with E-state index < -0.39 is 10.1 Å². The Hall–Kier alpha value is 0.650. The van der Waals surface area contributed by atoms with Gasteiger partial charge < -0.3 is 0 Å². The molecule has 0 aliphatic heterocycles. The van der Waals surface area contributed by atoms with E-state index in [1.807, 2.05) is 0 Å². The topological polar surface area (TPSA) is 54.4 Å². The Kier molecular flexibility index (Phi) is 9.90. The maximum absolute atomic E-state index is 10.4. The molecule has 0 amide bonds. The minimum absolute atomic E-state index is 0. The van der Waals surface area contributed by atoms with Crippen molar-refractivity contribution in [3.05, 3.63) is 11.0 Å². The molecule has 13 heavy (non-hydrogen) atoms. The van der Waals surface area contributed by atoms with Gasteiger partial charge in [0.2, 0.25) is 0 Å². The van der Waals surface area contributed by atoms with Crippen LogP contribution in [0.2, 0.25) is 0 Å². The van der Waals surface area contributed by atoms with Gasteiger partial charge >= 0.3 is 29.6 Å². The average Bonchev–Trinajstić information content (AvgIpc) is 1.84. The first-order valence-corrected chi connectivity index (χ1v) is 5.60. The van der Waals surface area contributed by atoms with Gasteiger partial charge in [-0.25, -0.2) is 0 Å². The molecule has 0 aromatic rings. The van der Waals surface area contributed by atoms with Crippen molar-refractivity contribution in [2.24, 2.45) is 0 Å². The van der Waals surface area contributed by atoms with E-state index >= 15 is 0 Å².